The lowest BCUT2D eigenvalue weighted by Crippen LogP contribution is -2.28. The molecule has 0 aliphatic carbocycles. The molecule has 0 spiro atoms. The molecular weight excluding hydrogens is 330 g/mol. The van der Waals surface area contributed by atoms with Gasteiger partial charge in [-0.1, -0.05) is 17.7 Å². The molecule has 0 saturated carbocycles. The lowest BCUT2D eigenvalue weighted by atomic mass is 10.2. The number of rotatable bonds is 6. The van der Waals surface area contributed by atoms with Crippen molar-refractivity contribution in [3.63, 3.8) is 0 Å². The van der Waals surface area contributed by atoms with Gasteiger partial charge in [0.2, 0.25) is 10.0 Å². The van der Waals surface area contributed by atoms with Gasteiger partial charge in [-0.2, -0.15) is 5.26 Å². The predicted molar refractivity (Wildman–Crippen MR) is 84.2 cm³/mol. The van der Waals surface area contributed by atoms with E-state index in [2.05, 4.69) is 10.0 Å². The Bertz CT molecular complexity index is 752. The fourth-order valence-corrected chi connectivity index (χ4v) is 3.89. The highest BCUT2D eigenvalue weighted by Gasteiger charge is 2.13. The van der Waals surface area contributed by atoms with Crippen molar-refractivity contribution in [1.82, 2.24) is 4.72 Å². The van der Waals surface area contributed by atoms with Crippen molar-refractivity contribution in [2.75, 3.05) is 18.4 Å². The van der Waals surface area contributed by atoms with Gasteiger partial charge in [0, 0.05) is 18.8 Å². The van der Waals surface area contributed by atoms with E-state index in [1.807, 2.05) is 6.07 Å². The van der Waals surface area contributed by atoms with Crippen molar-refractivity contribution in [2.24, 2.45) is 0 Å². The highest BCUT2D eigenvalue weighted by atomic mass is 35.5. The van der Waals surface area contributed by atoms with Gasteiger partial charge in [0.25, 0.3) is 0 Å². The highest BCUT2D eigenvalue weighted by molar-refractivity contribution is 7.91. The molecule has 5 nitrogen and oxygen atoms in total. The third kappa shape index (κ3) is 4.19. The molecule has 1 aromatic heterocycles. The number of sulfonamides is 1. The Morgan fingerprint density at radius 3 is 2.71 bits per heavy atom. The molecule has 2 N–H and O–H groups in total. The minimum absolute atomic E-state index is 0.248. The summed E-state index contributed by atoms with van der Waals surface area (Å²) >= 11 is 7.08. The first-order valence-corrected chi connectivity index (χ1v) is 8.74. The zero-order valence-corrected chi connectivity index (χ0v) is 13.2. The van der Waals surface area contributed by atoms with Crippen LogP contribution in [0.3, 0.4) is 0 Å². The van der Waals surface area contributed by atoms with Crippen LogP contribution in [0.25, 0.3) is 0 Å². The zero-order chi connectivity index (χ0) is 15.3. The van der Waals surface area contributed by atoms with Gasteiger partial charge in [-0.25, -0.2) is 13.1 Å². The molecule has 0 aliphatic heterocycles. The molecule has 0 fully saturated rings. The Kier molecular flexibility index (Phi) is 5.20. The van der Waals surface area contributed by atoms with Crippen LogP contribution in [0.15, 0.2) is 39.9 Å². The van der Waals surface area contributed by atoms with Crippen LogP contribution < -0.4 is 10.0 Å². The Balaban J connectivity index is 1.85. The monoisotopic (exact) mass is 341 g/mol. The molecule has 0 amide bonds. The minimum Gasteiger partial charge on any atom is -0.384 e. The SMILES string of the molecule is N#Cc1ccc(NCCNS(=O)(=O)c2cccs2)cc1Cl. The van der Waals surface area contributed by atoms with Crippen LogP contribution in [0.5, 0.6) is 0 Å². The van der Waals surface area contributed by atoms with E-state index in [1.54, 1.807) is 35.7 Å². The number of benzene rings is 1. The van der Waals surface area contributed by atoms with Crippen molar-refractivity contribution in [1.29, 1.82) is 5.26 Å². The summed E-state index contributed by atoms with van der Waals surface area (Å²) in [6, 6.07) is 10.2. The van der Waals surface area contributed by atoms with Crippen LogP contribution in [0.2, 0.25) is 5.02 Å². The predicted octanol–water partition coefficient (Wildman–Crippen LogP) is 2.66. The van der Waals surface area contributed by atoms with Gasteiger partial charge in [0.05, 0.1) is 10.6 Å². The van der Waals surface area contributed by atoms with Gasteiger partial charge in [-0.3, -0.25) is 0 Å². The molecule has 0 bridgehead atoms. The summed E-state index contributed by atoms with van der Waals surface area (Å²) in [6.07, 6.45) is 0. The van der Waals surface area contributed by atoms with E-state index in [0.717, 1.165) is 5.69 Å². The normalized spacial score (nSPS) is 11.0. The number of hydrogen-bond acceptors (Lipinski definition) is 5. The number of thiophene rings is 1. The second kappa shape index (κ2) is 6.91. The molecule has 21 heavy (non-hydrogen) atoms. The molecule has 0 radical (unpaired) electrons. The molecule has 1 aromatic carbocycles. The number of nitrogens with zero attached hydrogens (tertiary/aromatic N) is 1. The number of halogens is 1. The molecule has 110 valence electrons. The maximum absolute atomic E-state index is 11.9. The number of nitriles is 1. The second-order valence-electron chi connectivity index (χ2n) is 4.06. The quantitative estimate of drug-likeness (QED) is 0.791. The van der Waals surface area contributed by atoms with Crippen molar-refractivity contribution < 1.29 is 8.42 Å². The Hall–Kier alpha value is -1.59. The summed E-state index contributed by atoms with van der Waals surface area (Å²) < 4.78 is 26.5. The molecular formula is C13H12ClN3O2S2. The van der Waals surface area contributed by atoms with Crippen LogP contribution in [-0.2, 0) is 10.0 Å². The molecule has 0 atom stereocenters. The number of nitrogens with one attached hydrogen (secondary N) is 2. The van der Waals surface area contributed by atoms with Crippen LogP contribution >= 0.6 is 22.9 Å². The highest BCUT2D eigenvalue weighted by Crippen LogP contribution is 2.20. The third-order valence-electron chi connectivity index (χ3n) is 2.60. The van der Waals surface area contributed by atoms with E-state index < -0.39 is 10.0 Å². The average Bonchev–Trinajstić information content (AvgIpc) is 2.99. The van der Waals surface area contributed by atoms with Gasteiger partial charge in [0.1, 0.15) is 10.3 Å². The first-order valence-electron chi connectivity index (χ1n) is 5.99. The first kappa shape index (κ1) is 15.8. The van der Waals surface area contributed by atoms with E-state index in [9.17, 15) is 8.42 Å². The lowest BCUT2D eigenvalue weighted by molar-refractivity contribution is 0.585. The van der Waals surface area contributed by atoms with Gasteiger partial charge < -0.3 is 5.32 Å². The van der Waals surface area contributed by atoms with Gasteiger partial charge in [-0.15, -0.1) is 11.3 Å². The van der Waals surface area contributed by atoms with E-state index in [0.29, 0.717) is 21.3 Å². The largest absolute Gasteiger partial charge is 0.384 e. The van der Waals surface area contributed by atoms with Gasteiger partial charge >= 0.3 is 0 Å². The summed E-state index contributed by atoms with van der Waals surface area (Å²) in [6.45, 7) is 0.657. The summed E-state index contributed by atoms with van der Waals surface area (Å²) in [5, 5.41) is 13.9. The Morgan fingerprint density at radius 1 is 1.29 bits per heavy atom. The molecule has 0 saturated heterocycles. The van der Waals surface area contributed by atoms with E-state index in [-0.39, 0.29) is 6.54 Å². The Morgan fingerprint density at radius 2 is 2.10 bits per heavy atom. The fourth-order valence-electron chi connectivity index (χ4n) is 1.60. The maximum Gasteiger partial charge on any atom is 0.250 e. The summed E-state index contributed by atoms with van der Waals surface area (Å²) in [5.74, 6) is 0. The molecule has 2 rings (SSSR count). The van der Waals surface area contributed by atoms with Crippen LogP contribution in [-0.4, -0.2) is 21.5 Å². The Labute approximate surface area is 132 Å². The van der Waals surface area contributed by atoms with Crippen LogP contribution in [0.4, 0.5) is 5.69 Å². The fraction of sp³-hybridized carbons (Fsp3) is 0.154. The molecule has 0 aliphatic rings. The van der Waals surface area contributed by atoms with Crippen molar-refractivity contribution in [2.45, 2.75) is 4.21 Å². The lowest BCUT2D eigenvalue weighted by Gasteiger charge is -2.08. The molecule has 1 heterocycles. The summed E-state index contributed by atoms with van der Waals surface area (Å²) in [7, 11) is -3.43. The average molecular weight is 342 g/mol. The van der Waals surface area contributed by atoms with Crippen molar-refractivity contribution in [3.8, 4) is 6.07 Å². The van der Waals surface area contributed by atoms with Crippen molar-refractivity contribution >= 4 is 38.6 Å². The molecule has 0 unspecified atom stereocenters. The van der Waals surface area contributed by atoms with Gasteiger partial charge in [-0.05, 0) is 29.6 Å². The standard InChI is InChI=1S/C13H12ClN3O2S2/c14-12-8-11(4-3-10(12)9-15)16-5-6-17-21(18,19)13-2-1-7-20-13/h1-4,7-8,16-17H,5-6H2. The van der Waals surface area contributed by atoms with Crippen LogP contribution in [0, 0.1) is 11.3 Å². The number of hydrogen-bond donors (Lipinski definition) is 2. The van der Waals surface area contributed by atoms with Crippen LogP contribution in [0.1, 0.15) is 5.56 Å². The first-order chi connectivity index (χ1) is 10.0. The number of anilines is 1. The molecule has 8 heteroatoms. The zero-order valence-electron chi connectivity index (χ0n) is 10.8. The smallest absolute Gasteiger partial charge is 0.250 e. The maximum atomic E-state index is 11.9. The topological polar surface area (TPSA) is 82.0 Å². The summed E-state index contributed by atoms with van der Waals surface area (Å²) in [5.41, 5.74) is 1.13. The van der Waals surface area contributed by atoms with Crippen molar-refractivity contribution in [3.05, 3.63) is 46.3 Å². The summed E-state index contributed by atoms with van der Waals surface area (Å²) in [4.78, 5) is 0. The van der Waals surface area contributed by atoms with Gasteiger partial charge in [0.15, 0.2) is 0 Å². The third-order valence-corrected chi connectivity index (χ3v) is 5.77. The molecule has 2 aromatic rings. The van der Waals surface area contributed by atoms with E-state index in [4.69, 9.17) is 16.9 Å². The second-order valence-corrected chi connectivity index (χ2v) is 7.41. The van der Waals surface area contributed by atoms with E-state index in [1.165, 1.54) is 11.3 Å². The minimum atomic E-state index is -3.43. The van der Waals surface area contributed by atoms with E-state index >= 15 is 0 Å².